The Morgan fingerprint density at radius 3 is 2.40 bits per heavy atom. The summed E-state index contributed by atoms with van der Waals surface area (Å²) < 4.78 is 0. The van der Waals surface area contributed by atoms with Crippen molar-refractivity contribution in [2.24, 2.45) is 0 Å². The molecule has 1 aromatic heterocycles. The first-order chi connectivity index (χ1) is 7.15. The zero-order chi connectivity index (χ0) is 10.8. The molecule has 0 fully saturated rings. The third kappa shape index (κ3) is 2.36. The molecule has 3 heteroatoms. The smallest absolute Gasteiger partial charge is 0.180 e. The maximum Gasteiger partial charge on any atom is 0.180 e. The molecule has 1 aromatic carbocycles. The molecule has 1 heterocycles. The van der Waals surface area contributed by atoms with Crippen molar-refractivity contribution >= 4 is 16.5 Å². The van der Waals surface area contributed by atoms with Crippen LogP contribution in [-0.4, -0.2) is 4.98 Å². The van der Waals surface area contributed by atoms with Gasteiger partial charge in [0.1, 0.15) is 0 Å². The fourth-order valence-corrected chi connectivity index (χ4v) is 2.37. The molecule has 2 rings (SSSR count). The Balaban J connectivity index is 2.21. The largest absolute Gasteiger partial charge is 0.375 e. The second-order valence-corrected chi connectivity index (χ2v) is 4.84. The van der Waals surface area contributed by atoms with Crippen molar-refractivity contribution in [3.05, 3.63) is 46.0 Å². The Morgan fingerprint density at radius 1 is 1.20 bits per heavy atom. The molecule has 0 bridgehead atoms. The van der Waals surface area contributed by atoms with Gasteiger partial charge in [0.05, 0.1) is 5.69 Å². The highest BCUT2D eigenvalue weighted by atomic mass is 32.1. The summed E-state index contributed by atoms with van der Waals surface area (Å²) >= 11 is 1.58. The van der Waals surface area contributed by atoms with Crippen molar-refractivity contribution in [1.29, 1.82) is 0 Å². The number of hydrogen-bond donors (Lipinski definition) is 1. The van der Waals surface area contributed by atoms with Crippen molar-refractivity contribution in [3.63, 3.8) is 0 Å². The van der Waals surface area contributed by atoms with Gasteiger partial charge in [-0.05, 0) is 19.4 Å². The lowest BCUT2D eigenvalue weighted by Crippen LogP contribution is -1.87. The summed E-state index contributed by atoms with van der Waals surface area (Å²) in [6.45, 7) is 4.11. The average molecular weight is 218 g/mol. The average Bonchev–Trinajstić information content (AvgIpc) is 2.49. The number of nitrogen functional groups attached to an aromatic ring is 1. The summed E-state index contributed by atoms with van der Waals surface area (Å²) in [4.78, 5) is 5.48. The van der Waals surface area contributed by atoms with E-state index in [9.17, 15) is 0 Å². The van der Waals surface area contributed by atoms with E-state index in [1.807, 2.05) is 6.92 Å². The Labute approximate surface area is 93.8 Å². The van der Waals surface area contributed by atoms with Gasteiger partial charge in [-0.25, -0.2) is 4.98 Å². The SMILES string of the molecule is Cc1ccc(Cc2sc(N)nc2C)cc1. The molecule has 0 aliphatic heterocycles. The van der Waals surface area contributed by atoms with Crippen molar-refractivity contribution < 1.29 is 0 Å². The molecule has 0 amide bonds. The Hall–Kier alpha value is -1.35. The second-order valence-electron chi connectivity index (χ2n) is 3.72. The summed E-state index contributed by atoms with van der Waals surface area (Å²) in [5.41, 5.74) is 9.32. The number of benzene rings is 1. The molecule has 2 nitrogen and oxygen atoms in total. The van der Waals surface area contributed by atoms with Crippen LogP contribution in [0.25, 0.3) is 0 Å². The summed E-state index contributed by atoms with van der Waals surface area (Å²) in [7, 11) is 0. The predicted octanol–water partition coefficient (Wildman–Crippen LogP) is 2.93. The number of rotatable bonds is 2. The van der Waals surface area contributed by atoms with E-state index in [0.29, 0.717) is 5.13 Å². The van der Waals surface area contributed by atoms with Gasteiger partial charge in [0.2, 0.25) is 0 Å². The fourth-order valence-electron chi connectivity index (χ4n) is 1.51. The first-order valence-electron chi connectivity index (χ1n) is 4.92. The molecular weight excluding hydrogens is 204 g/mol. The van der Waals surface area contributed by atoms with Gasteiger partial charge >= 0.3 is 0 Å². The van der Waals surface area contributed by atoms with Crippen LogP contribution in [0.1, 0.15) is 21.7 Å². The Morgan fingerprint density at radius 2 is 1.87 bits per heavy atom. The van der Waals surface area contributed by atoms with Crippen LogP contribution in [0.2, 0.25) is 0 Å². The molecule has 0 aliphatic carbocycles. The first-order valence-corrected chi connectivity index (χ1v) is 5.74. The molecule has 0 atom stereocenters. The van der Waals surface area contributed by atoms with Crippen LogP contribution < -0.4 is 5.73 Å². The molecule has 0 saturated heterocycles. The van der Waals surface area contributed by atoms with Crippen LogP contribution in [0.4, 0.5) is 5.13 Å². The van der Waals surface area contributed by atoms with Crippen molar-refractivity contribution in [2.45, 2.75) is 20.3 Å². The molecule has 2 N–H and O–H groups in total. The van der Waals surface area contributed by atoms with Crippen LogP contribution in [0.15, 0.2) is 24.3 Å². The molecule has 2 aromatic rings. The number of hydrogen-bond acceptors (Lipinski definition) is 3. The van der Waals surface area contributed by atoms with Crippen molar-refractivity contribution in [1.82, 2.24) is 4.98 Å². The maximum atomic E-state index is 5.66. The number of anilines is 1. The zero-order valence-corrected chi connectivity index (χ0v) is 9.77. The summed E-state index contributed by atoms with van der Waals surface area (Å²) in [5, 5.41) is 0.662. The van der Waals surface area contributed by atoms with Crippen molar-refractivity contribution in [2.75, 3.05) is 5.73 Å². The summed E-state index contributed by atoms with van der Waals surface area (Å²) in [6.07, 6.45) is 0.932. The molecule has 0 unspecified atom stereocenters. The molecule has 0 aliphatic rings. The Bertz CT molecular complexity index is 457. The van der Waals surface area contributed by atoms with Gasteiger partial charge in [-0.3, -0.25) is 0 Å². The van der Waals surface area contributed by atoms with E-state index in [2.05, 4.69) is 36.2 Å². The number of aromatic nitrogens is 1. The number of nitrogens with two attached hydrogens (primary N) is 1. The molecule has 0 spiro atoms. The van der Waals surface area contributed by atoms with Crippen LogP contribution in [0.3, 0.4) is 0 Å². The zero-order valence-electron chi connectivity index (χ0n) is 8.95. The van der Waals surface area contributed by atoms with Gasteiger partial charge < -0.3 is 5.73 Å². The highest BCUT2D eigenvalue weighted by Crippen LogP contribution is 2.22. The standard InChI is InChI=1S/C12H14N2S/c1-8-3-5-10(6-4-8)7-11-9(2)14-12(13)15-11/h3-6H,7H2,1-2H3,(H2,13,14). The third-order valence-corrected chi connectivity index (χ3v) is 3.38. The predicted molar refractivity (Wildman–Crippen MR) is 65.2 cm³/mol. The monoisotopic (exact) mass is 218 g/mol. The van der Waals surface area contributed by atoms with E-state index in [1.54, 1.807) is 11.3 Å². The molecule has 0 saturated carbocycles. The third-order valence-electron chi connectivity index (χ3n) is 2.39. The van der Waals surface area contributed by atoms with Crippen LogP contribution >= 0.6 is 11.3 Å². The van der Waals surface area contributed by atoms with E-state index in [-0.39, 0.29) is 0 Å². The van der Waals surface area contributed by atoms with Gasteiger partial charge in [-0.2, -0.15) is 0 Å². The molecule has 0 radical (unpaired) electrons. The molecular formula is C12H14N2S. The lowest BCUT2D eigenvalue weighted by Gasteiger charge is -2.00. The lowest BCUT2D eigenvalue weighted by molar-refractivity contribution is 1.15. The van der Waals surface area contributed by atoms with Gasteiger partial charge in [0.15, 0.2) is 5.13 Å². The lowest BCUT2D eigenvalue weighted by atomic mass is 10.1. The van der Waals surface area contributed by atoms with E-state index < -0.39 is 0 Å². The Kier molecular flexibility index (Phi) is 2.73. The van der Waals surface area contributed by atoms with Gasteiger partial charge in [-0.15, -0.1) is 11.3 Å². The minimum absolute atomic E-state index is 0.662. The minimum Gasteiger partial charge on any atom is -0.375 e. The van der Waals surface area contributed by atoms with Gasteiger partial charge in [0, 0.05) is 11.3 Å². The molecule has 15 heavy (non-hydrogen) atoms. The van der Waals surface area contributed by atoms with Crippen molar-refractivity contribution in [3.8, 4) is 0 Å². The van der Waals surface area contributed by atoms with Crippen LogP contribution in [-0.2, 0) is 6.42 Å². The number of aryl methyl sites for hydroxylation is 2. The first kappa shape index (κ1) is 10.2. The van der Waals surface area contributed by atoms with E-state index in [1.165, 1.54) is 16.0 Å². The van der Waals surface area contributed by atoms with Gasteiger partial charge in [0.25, 0.3) is 0 Å². The fraction of sp³-hybridized carbons (Fsp3) is 0.250. The highest BCUT2D eigenvalue weighted by molar-refractivity contribution is 7.15. The van der Waals surface area contributed by atoms with Crippen LogP contribution in [0.5, 0.6) is 0 Å². The summed E-state index contributed by atoms with van der Waals surface area (Å²) in [5.74, 6) is 0. The van der Waals surface area contributed by atoms with E-state index in [4.69, 9.17) is 5.73 Å². The maximum absolute atomic E-state index is 5.66. The number of nitrogens with zero attached hydrogens (tertiary/aromatic N) is 1. The number of thiazole rings is 1. The topological polar surface area (TPSA) is 38.9 Å². The summed E-state index contributed by atoms with van der Waals surface area (Å²) in [6, 6.07) is 8.58. The quantitative estimate of drug-likeness (QED) is 0.841. The molecule has 78 valence electrons. The second kappa shape index (κ2) is 4.03. The normalized spacial score (nSPS) is 10.5. The van der Waals surface area contributed by atoms with E-state index in [0.717, 1.165) is 12.1 Å². The minimum atomic E-state index is 0.662. The van der Waals surface area contributed by atoms with E-state index >= 15 is 0 Å². The van der Waals surface area contributed by atoms with Gasteiger partial charge in [-0.1, -0.05) is 29.8 Å². The highest BCUT2D eigenvalue weighted by Gasteiger charge is 2.05. The van der Waals surface area contributed by atoms with Crippen LogP contribution in [0, 0.1) is 13.8 Å².